The fourth-order valence-corrected chi connectivity index (χ4v) is 1.21. The van der Waals surface area contributed by atoms with E-state index in [1.807, 2.05) is 6.08 Å². The third-order valence-corrected chi connectivity index (χ3v) is 1.96. The number of unbranched alkanes of at least 4 members (excludes halogenated alkanes) is 6. The lowest BCUT2D eigenvalue weighted by atomic mass is 10.1. The van der Waals surface area contributed by atoms with E-state index in [-0.39, 0.29) is 0 Å². The second kappa shape index (κ2) is 10.5. The van der Waals surface area contributed by atoms with Crippen LogP contribution in [0.2, 0.25) is 0 Å². The van der Waals surface area contributed by atoms with Crippen molar-refractivity contribution in [2.45, 2.75) is 44.9 Å². The number of hydrogen-bond acceptors (Lipinski definition) is 2. The van der Waals surface area contributed by atoms with E-state index in [1.165, 1.54) is 38.5 Å². The van der Waals surface area contributed by atoms with E-state index in [2.05, 4.69) is 0 Å². The molecule has 0 heterocycles. The first-order valence-corrected chi connectivity index (χ1v) is 4.98. The zero-order chi connectivity index (χ0) is 9.07. The summed E-state index contributed by atoms with van der Waals surface area (Å²) in [5.74, 6) is 0. The van der Waals surface area contributed by atoms with Gasteiger partial charge < -0.3 is 11.5 Å². The van der Waals surface area contributed by atoms with Crippen molar-refractivity contribution in [3.63, 3.8) is 0 Å². The van der Waals surface area contributed by atoms with Gasteiger partial charge >= 0.3 is 0 Å². The zero-order valence-corrected chi connectivity index (χ0v) is 7.97. The fourth-order valence-electron chi connectivity index (χ4n) is 1.21. The minimum atomic E-state index is 0.843. The molecule has 0 saturated heterocycles. The Labute approximate surface area is 76.0 Å². The second-order valence-corrected chi connectivity index (χ2v) is 3.13. The number of rotatable bonds is 8. The first kappa shape index (κ1) is 11.5. The van der Waals surface area contributed by atoms with Crippen LogP contribution < -0.4 is 11.5 Å². The predicted octanol–water partition coefficient (Wildman–Crippen LogP) is 2.15. The Hall–Kier alpha value is -0.500. The van der Waals surface area contributed by atoms with Gasteiger partial charge in [-0.15, -0.1) is 0 Å². The van der Waals surface area contributed by atoms with Crippen molar-refractivity contribution in [2.75, 3.05) is 6.54 Å². The minimum absolute atomic E-state index is 0.843. The highest BCUT2D eigenvalue weighted by Crippen LogP contribution is 2.06. The summed E-state index contributed by atoms with van der Waals surface area (Å²) in [6.45, 7) is 0.843. The van der Waals surface area contributed by atoms with Crippen LogP contribution in [0.4, 0.5) is 0 Å². The number of allylic oxidation sites excluding steroid dienone is 1. The monoisotopic (exact) mass is 170 g/mol. The van der Waals surface area contributed by atoms with Gasteiger partial charge in [0.15, 0.2) is 0 Å². The highest BCUT2D eigenvalue weighted by molar-refractivity contribution is 4.74. The number of hydrogen-bond donors (Lipinski definition) is 2. The summed E-state index contributed by atoms with van der Waals surface area (Å²) in [6, 6.07) is 0. The van der Waals surface area contributed by atoms with Crippen LogP contribution in [0.15, 0.2) is 12.3 Å². The molecule has 4 N–H and O–H groups in total. The Balaban J connectivity index is 2.81. The van der Waals surface area contributed by atoms with Gasteiger partial charge in [0, 0.05) is 0 Å². The molecule has 0 fully saturated rings. The van der Waals surface area contributed by atoms with Crippen LogP contribution >= 0.6 is 0 Å². The summed E-state index contributed by atoms with van der Waals surface area (Å²) in [7, 11) is 0. The third-order valence-electron chi connectivity index (χ3n) is 1.96. The summed E-state index contributed by atoms with van der Waals surface area (Å²) in [4.78, 5) is 0. The van der Waals surface area contributed by atoms with E-state index >= 15 is 0 Å². The fraction of sp³-hybridized carbons (Fsp3) is 0.800. The van der Waals surface area contributed by atoms with Crippen molar-refractivity contribution in [3.05, 3.63) is 12.3 Å². The molecule has 2 nitrogen and oxygen atoms in total. The molecule has 0 aromatic carbocycles. The van der Waals surface area contributed by atoms with E-state index in [1.54, 1.807) is 6.20 Å². The average Bonchev–Trinajstić information content (AvgIpc) is 2.10. The lowest BCUT2D eigenvalue weighted by Gasteiger charge is -1.98. The SMILES string of the molecule is N/C=C/CCCCCCCCN. The highest BCUT2D eigenvalue weighted by Gasteiger charge is 1.88. The Morgan fingerprint density at radius 2 is 1.42 bits per heavy atom. The summed E-state index contributed by atoms with van der Waals surface area (Å²) in [6.07, 6.45) is 12.6. The lowest BCUT2D eigenvalue weighted by Crippen LogP contribution is -1.97. The quantitative estimate of drug-likeness (QED) is 0.548. The molecule has 0 unspecified atom stereocenters. The molecule has 0 amide bonds. The standard InChI is InChI=1S/C10H22N2/c11-9-7-5-3-1-2-4-6-8-10-12/h7,9H,1-6,8,10-12H2/b9-7+. The Morgan fingerprint density at radius 1 is 0.833 bits per heavy atom. The Bertz CT molecular complexity index is 100. The molecule has 12 heavy (non-hydrogen) atoms. The molecule has 0 aliphatic heterocycles. The van der Waals surface area contributed by atoms with Crippen LogP contribution in [-0.2, 0) is 0 Å². The van der Waals surface area contributed by atoms with Gasteiger partial charge in [-0.1, -0.05) is 31.8 Å². The van der Waals surface area contributed by atoms with E-state index in [0.717, 1.165) is 13.0 Å². The third kappa shape index (κ3) is 9.50. The molecule has 0 aromatic rings. The van der Waals surface area contributed by atoms with Crippen LogP contribution in [0.25, 0.3) is 0 Å². The largest absolute Gasteiger partial charge is 0.405 e. The first-order valence-electron chi connectivity index (χ1n) is 4.98. The Morgan fingerprint density at radius 3 is 2.00 bits per heavy atom. The normalized spacial score (nSPS) is 11.1. The van der Waals surface area contributed by atoms with Gasteiger partial charge in [-0.2, -0.15) is 0 Å². The van der Waals surface area contributed by atoms with E-state index in [9.17, 15) is 0 Å². The van der Waals surface area contributed by atoms with Crippen LogP contribution in [0.3, 0.4) is 0 Å². The predicted molar refractivity (Wildman–Crippen MR) is 54.7 cm³/mol. The molecule has 0 spiro atoms. The first-order chi connectivity index (χ1) is 5.91. The molecule has 0 aliphatic rings. The summed E-state index contributed by atoms with van der Waals surface area (Å²) >= 11 is 0. The number of nitrogens with two attached hydrogens (primary N) is 2. The van der Waals surface area contributed by atoms with Crippen LogP contribution in [0, 0.1) is 0 Å². The van der Waals surface area contributed by atoms with Crippen molar-refractivity contribution in [3.8, 4) is 0 Å². The molecule has 72 valence electrons. The minimum Gasteiger partial charge on any atom is -0.405 e. The van der Waals surface area contributed by atoms with Gasteiger partial charge in [-0.25, -0.2) is 0 Å². The Kier molecular flexibility index (Phi) is 10.1. The van der Waals surface area contributed by atoms with Crippen LogP contribution in [0.5, 0.6) is 0 Å². The molecular formula is C10H22N2. The summed E-state index contributed by atoms with van der Waals surface area (Å²) < 4.78 is 0. The maximum atomic E-state index is 5.39. The second-order valence-electron chi connectivity index (χ2n) is 3.13. The summed E-state index contributed by atoms with van der Waals surface area (Å²) in [5, 5.41) is 0. The average molecular weight is 170 g/mol. The van der Waals surface area contributed by atoms with Crippen molar-refractivity contribution in [2.24, 2.45) is 11.5 Å². The molecule has 2 heteroatoms. The van der Waals surface area contributed by atoms with Crippen molar-refractivity contribution in [1.29, 1.82) is 0 Å². The molecule has 0 aromatic heterocycles. The topological polar surface area (TPSA) is 52.0 Å². The maximum Gasteiger partial charge on any atom is -0.00773 e. The van der Waals surface area contributed by atoms with E-state index in [4.69, 9.17) is 11.5 Å². The maximum absolute atomic E-state index is 5.39. The zero-order valence-electron chi connectivity index (χ0n) is 7.97. The molecule has 0 bridgehead atoms. The van der Waals surface area contributed by atoms with Crippen LogP contribution in [-0.4, -0.2) is 6.54 Å². The van der Waals surface area contributed by atoms with Crippen molar-refractivity contribution >= 4 is 0 Å². The van der Waals surface area contributed by atoms with Gasteiger partial charge in [-0.05, 0) is 32.0 Å². The van der Waals surface area contributed by atoms with Crippen molar-refractivity contribution < 1.29 is 0 Å². The molecule has 0 aliphatic carbocycles. The molecular weight excluding hydrogens is 148 g/mol. The lowest BCUT2D eigenvalue weighted by molar-refractivity contribution is 0.600. The molecule has 0 atom stereocenters. The molecule has 0 radical (unpaired) electrons. The smallest absolute Gasteiger partial charge is 0.00773 e. The van der Waals surface area contributed by atoms with Gasteiger partial charge in [0.05, 0.1) is 0 Å². The van der Waals surface area contributed by atoms with E-state index < -0.39 is 0 Å². The van der Waals surface area contributed by atoms with Gasteiger partial charge in [0.25, 0.3) is 0 Å². The molecule has 0 saturated carbocycles. The van der Waals surface area contributed by atoms with Gasteiger partial charge in [0.2, 0.25) is 0 Å². The molecule has 0 rings (SSSR count). The van der Waals surface area contributed by atoms with Gasteiger partial charge in [0.1, 0.15) is 0 Å². The van der Waals surface area contributed by atoms with Crippen LogP contribution in [0.1, 0.15) is 44.9 Å². The van der Waals surface area contributed by atoms with Gasteiger partial charge in [-0.3, -0.25) is 0 Å². The highest BCUT2D eigenvalue weighted by atomic mass is 14.5. The summed E-state index contributed by atoms with van der Waals surface area (Å²) in [5.41, 5.74) is 10.6. The van der Waals surface area contributed by atoms with E-state index in [0.29, 0.717) is 0 Å². The van der Waals surface area contributed by atoms with Crippen molar-refractivity contribution in [1.82, 2.24) is 0 Å².